The molecule has 3 aromatic rings. The van der Waals surface area contributed by atoms with E-state index in [0.717, 1.165) is 16.0 Å². The predicted molar refractivity (Wildman–Crippen MR) is 121 cm³/mol. The Hall–Kier alpha value is -3.16. The Balaban J connectivity index is 1.63. The van der Waals surface area contributed by atoms with Crippen molar-refractivity contribution < 1.29 is 14.0 Å². The van der Waals surface area contributed by atoms with Crippen LogP contribution >= 0.6 is 24.0 Å². The van der Waals surface area contributed by atoms with E-state index in [0.29, 0.717) is 16.5 Å². The molecule has 1 aliphatic rings. The molecule has 7 heteroatoms. The van der Waals surface area contributed by atoms with Gasteiger partial charge in [0.05, 0.1) is 5.69 Å². The highest BCUT2D eigenvalue weighted by Gasteiger charge is 2.34. The molecule has 0 unspecified atom stereocenters. The number of furan rings is 1. The molecule has 2 heterocycles. The lowest BCUT2D eigenvalue weighted by molar-refractivity contribution is -0.122. The molecule has 1 saturated heterocycles. The Kier molecular flexibility index (Phi) is 5.57. The minimum absolute atomic E-state index is 0.0339. The van der Waals surface area contributed by atoms with Gasteiger partial charge in [-0.3, -0.25) is 19.8 Å². The molecule has 0 saturated carbocycles. The number of aryl methyl sites for hydroxylation is 2. The van der Waals surface area contributed by atoms with Crippen molar-refractivity contribution in [2.24, 2.45) is 0 Å². The summed E-state index contributed by atoms with van der Waals surface area (Å²) in [5.41, 5.74) is 2.58. The van der Waals surface area contributed by atoms with Crippen LogP contribution in [0.15, 0.2) is 80.6 Å². The maximum absolute atomic E-state index is 13.1. The molecule has 1 aromatic heterocycles. The number of benzene rings is 2. The molecule has 0 spiro atoms. The number of carbonyl (C=O) groups is 2. The maximum atomic E-state index is 13.1. The fraction of sp³-hybridized carbons (Fsp3) is 0.0870. The molecule has 2 aromatic carbocycles. The normalized spacial score (nSPS) is 15.6. The second-order valence-corrected chi connectivity index (χ2v) is 8.34. The maximum Gasteiger partial charge on any atom is 0.270 e. The third-order valence-corrected chi connectivity index (χ3v) is 5.63. The van der Waals surface area contributed by atoms with Gasteiger partial charge in [-0.2, -0.15) is 0 Å². The van der Waals surface area contributed by atoms with E-state index in [9.17, 15) is 9.59 Å². The summed E-state index contributed by atoms with van der Waals surface area (Å²) in [6.07, 6.45) is 1.45. The Morgan fingerprint density at radius 3 is 2.40 bits per heavy atom. The molecule has 1 fully saturated rings. The van der Waals surface area contributed by atoms with E-state index in [2.05, 4.69) is 5.32 Å². The summed E-state index contributed by atoms with van der Waals surface area (Å²) in [5.74, 6) is -0.609. The van der Waals surface area contributed by atoms with Gasteiger partial charge in [-0.15, -0.1) is 0 Å². The van der Waals surface area contributed by atoms with Gasteiger partial charge in [-0.25, -0.2) is 0 Å². The Morgan fingerprint density at radius 1 is 1.00 bits per heavy atom. The molecule has 30 heavy (non-hydrogen) atoms. The van der Waals surface area contributed by atoms with Gasteiger partial charge in [0, 0.05) is 4.90 Å². The van der Waals surface area contributed by atoms with Crippen LogP contribution in [0.3, 0.4) is 0 Å². The first-order valence-corrected chi connectivity index (χ1v) is 10.5. The largest absolute Gasteiger partial charge is 0.450 e. The van der Waals surface area contributed by atoms with E-state index < -0.39 is 11.8 Å². The number of nitrogens with zero attached hydrogens (tertiary/aromatic N) is 1. The third-order valence-electron chi connectivity index (χ3n) is 4.42. The fourth-order valence-corrected chi connectivity index (χ4v) is 4.27. The molecule has 1 aliphatic heterocycles. The Bertz CT molecular complexity index is 1160. The van der Waals surface area contributed by atoms with Crippen molar-refractivity contribution in [2.45, 2.75) is 23.8 Å². The first kappa shape index (κ1) is 20.1. The monoisotopic (exact) mass is 434 g/mol. The molecular weight excluding hydrogens is 416 g/mol. The molecule has 0 bridgehead atoms. The first-order chi connectivity index (χ1) is 14.4. The summed E-state index contributed by atoms with van der Waals surface area (Å²) in [4.78, 5) is 28.0. The van der Waals surface area contributed by atoms with Crippen LogP contribution in [0, 0.1) is 13.8 Å². The zero-order valence-electron chi connectivity index (χ0n) is 16.3. The van der Waals surface area contributed by atoms with Gasteiger partial charge in [0.15, 0.2) is 10.2 Å². The van der Waals surface area contributed by atoms with Crippen LogP contribution in [0.25, 0.3) is 6.08 Å². The molecule has 0 radical (unpaired) electrons. The van der Waals surface area contributed by atoms with Crippen LogP contribution in [0.4, 0.5) is 5.69 Å². The lowest BCUT2D eigenvalue weighted by atomic mass is 10.1. The molecule has 5 nitrogen and oxygen atoms in total. The Labute approximate surface area is 183 Å². The summed E-state index contributed by atoms with van der Waals surface area (Å²) in [7, 11) is 0. The van der Waals surface area contributed by atoms with Gasteiger partial charge in [-0.1, -0.05) is 36.0 Å². The van der Waals surface area contributed by atoms with Crippen LogP contribution < -0.4 is 10.2 Å². The van der Waals surface area contributed by atoms with Crippen molar-refractivity contribution in [3.63, 3.8) is 0 Å². The second-order valence-electron chi connectivity index (χ2n) is 6.88. The minimum Gasteiger partial charge on any atom is -0.450 e. The lowest BCUT2D eigenvalue weighted by Gasteiger charge is -2.29. The van der Waals surface area contributed by atoms with E-state index >= 15 is 0 Å². The number of anilines is 1. The molecule has 0 atom stereocenters. The quantitative estimate of drug-likeness (QED) is 0.360. The number of carbonyl (C=O) groups excluding carboxylic acids is 2. The summed E-state index contributed by atoms with van der Waals surface area (Å²) in [6, 6.07) is 19.0. The topological polar surface area (TPSA) is 62.6 Å². The van der Waals surface area contributed by atoms with Gasteiger partial charge in [0.2, 0.25) is 0 Å². The van der Waals surface area contributed by atoms with Gasteiger partial charge >= 0.3 is 0 Å². The standard InChI is InChI=1S/C23H18N2O3S2/c1-14-10-15(2)12-16(11-14)25-22(27)19(21(26)24-23(25)29)13-17-8-9-20(28-17)30-18-6-4-3-5-7-18/h3-13H,1-2H3,(H,24,26,29)/b19-13+. The van der Waals surface area contributed by atoms with Gasteiger partial charge < -0.3 is 4.42 Å². The molecular formula is C23H18N2O3S2. The number of rotatable bonds is 4. The van der Waals surface area contributed by atoms with Crippen LogP contribution in [0.2, 0.25) is 0 Å². The van der Waals surface area contributed by atoms with E-state index in [1.54, 1.807) is 6.07 Å². The van der Waals surface area contributed by atoms with Crippen molar-refractivity contribution >= 4 is 52.7 Å². The van der Waals surface area contributed by atoms with Crippen LogP contribution in [0.5, 0.6) is 0 Å². The second kappa shape index (κ2) is 8.30. The highest BCUT2D eigenvalue weighted by Crippen LogP contribution is 2.30. The summed E-state index contributed by atoms with van der Waals surface area (Å²) < 4.78 is 5.80. The van der Waals surface area contributed by atoms with Gasteiger partial charge in [0.25, 0.3) is 11.8 Å². The Morgan fingerprint density at radius 2 is 1.70 bits per heavy atom. The number of thiocarbonyl (C=S) groups is 1. The van der Waals surface area contributed by atoms with Crippen LogP contribution in [-0.4, -0.2) is 16.9 Å². The number of amides is 2. The van der Waals surface area contributed by atoms with E-state index in [1.807, 2.05) is 68.4 Å². The van der Waals surface area contributed by atoms with Crippen molar-refractivity contribution in [3.05, 3.63) is 83.1 Å². The first-order valence-electron chi connectivity index (χ1n) is 9.23. The molecule has 4 rings (SSSR count). The third kappa shape index (κ3) is 4.22. The SMILES string of the molecule is Cc1cc(C)cc(N2C(=O)/C(=C/c3ccc(Sc4ccccc4)o3)C(=O)NC2=S)c1. The van der Waals surface area contributed by atoms with Gasteiger partial charge in [-0.05, 0) is 79.7 Å². The van der Waals surface area contributed by atoms with Crippen LogP contribution in [0.1, 0.15) is 16.9 Å². The average molecular weight is 435 g/mol. The number of hydrogen-bond donors (Lipinski definition) is 1. The highest BCUT2D eigenvalue weighted by atomic mass is 32.2. The molecule has 2 amide bonds. The minimum atomic E-state index is -0.542. The van der Waals surface area contributed by atoms with Crippen LogP contribution in [-0.2, 0) is 9.59 Å². The van der Waals surface area contributed by atoms with Gasteiger partial charge in [0.1, 0.15) is 11.3 Å². The fourth-order valence-electron chi connectivity index (χ4n) is 3.19. The number of hydrogen-bond acceptors (Lipinski definition) is 5. The molecule has 0 aliphatic carbocycles. The smallest absolute Gasteiger partial charge is 0.270 e. The molecule has 150 valence electrons. The van der Waals surface area contributed by atoms with Crippen molar-refractivity contribution in [2.75, 3.05) is 4.90 Å². The van der Waals surface area contributed by atoms with E-state index in [-0.39, 0.29) is 10.7 Å². The molecule has 1 N–H and O–H groups in total. The predicted octanol–water partition coefficient (Wildman–Crippen LogP) is 4.88. The van der Waals surface area contributed by atoms with E-state index in [1.165, 1.54) is 22.7 Å². The summed E-state index contributed by atoms with van der Waals surface area (Å²) >= 11 is 6.72. The zero-order valence-corrected chi connectivity index (χ0v) is 18.0. The van der Waals surface area contributed by atoms with Crippen molar-refractivity contribution in [1.82, 2.24) is 5.32 Å². The number of nitrogens with one attached hydrogen (secondary N) is 1. The summed E-state index contributed by atoms with van der Waals surface area (Å²) in [5, 5.41) is 3.32. The lowest BCUT2D eigenvalue weighted by Crippen LogP contribution is -2.54. The highest BCUT2D eigenvalue weighted by molar-refractivity contribution is 7.99. The van der Waals surface area contributed by atoms with Crippen molar-refractivity contribution in [1.29, 1.82) is 0 Å². The van der Waals surface area contributed by atoms with E-state index in [4.69, 9.17) is 16.6 Å². The zero-order chi connectivity index (χ0) is 21.3. The summed E-state index contributed by atoms with van der Waals surface area (Å²) in [6.45, 7) is 3.89. The average Bonchev–Trinajstić information content (AvgIpc) is 3.12. The van der Waals surface area contributed by atoms with Crippen molar-refractivity contribution in [3.8, 4) is 0 Å².